The van der Waals surface area contributed by atoms with Crippen molar-refractivity contribution in [2.24, 2.45) is 5.73 Å². The second-order valence-electron chi connectivity index (χ2n) is 2.44. The Bertz CT molecular complexity index is 290. The van der Waals surface area contributed by atoms with Crippen LogP contribution < -0.4 is 5.73 Å². The lowest BCUT2D eigenvalue weighted by molar-refractivity contribution is -0.141. The summed E-state index contributed by atoms with van der Waals surface area (Å²) >= 11 is 0. The van der Waals surface area contributed by atoms with E-state index in [0.29, 0.717) is 0 Å². The molecule has 0 aliphatic rings. The van der Waals surface area contributed by atoms with Gasteiger partial charge in [-0.2, -0.15) is 0 Å². The van der Waals surface area contributed by atoms with Crippen molar-refractivity contribution in [3.63, 3.8) is 0 Å². The zero-order valence-corrected chi connectivity index (χ0v) is 6.66. The molecule has 1 heterocycles. The molecule has 13 heavy (non-hydrogen) atoms. The number of hydrogen-bond donors (Lipinski definition) is 3. The van der Waals surface area contributed by atoms with E-state index in [0.717, 1.165) is 0 Å². The van der Waals surface area contributed by atoms with Gasteiger partial charge in [-0.05, 0) is 6.07 Å². The molecule has 0 bridgehead atoms. The Morgan fingerprint density at radius 3 is 2.77 bits per heavy atom. The Hall–Kier alpha value is -1.53. The summed E-state index contributed by atoms with van der Waals surface area (Å²) in [5.74, 6) is -1.27. The number of nitrogens with two attached hydrogens (primary N) is 1. The van der Waals surface area contributed by atoms with Crippen LogP contribution in [0.2, 0.25) is 0 Å². The lowest BCUT2D eigenvalue weighted by Crippen LogP contribution is -2.36. The molecule has 1 aromatic rings. The number of carboxylic acids is 1. The summed E-state index contributed by atoms with van der Waals surface area (Å²) in [4.78, 5) is 17.7. The Morgan fingerprint density at radius 1 is 1.62 bits per heavy atom. The molecule has 2 unspecified atom stereocenters. The van der Waals surface area contributed by atoms with E-state index in [-0.39, 0.29) is 5.69 Å². The number of aliphatic carboxylic acids is 1. The average Bonchev–Trinajstić information content (AvgIpc) is 2.17. The van der Waals surface area contributed by atoms with Gasteiger partial charge in [0.2, 0.25) is 0 Å². The van der Waals surface area contributed by atoms with Gasteiger partial charge in [-0.25, -0.2) is 9.97 Å². The molecular weight excluding hydrogens is 174 g/mol. The van der Waals surface area contributed by atoms with Gasteiger partial charge in [0.15, 0.2) is 0 Å². The topological polar surface area (TPSA) is 109 Å². The van der Waals surface area contributed by atoms with E-state index >= 15 is 0 Å². The largest absolute Gasteiger partial charge is 0.480 e. The van der Waals surface area contributed by atoms with E-state index in [2.05, 4.69) is 9.97 Å². The van der Waals surface area contributed by atoms with Crippen molar-refractivity contribution in [1.29, 1.82) is 0 Å². The molecule has 6 heteroatoms. The van der Waals surface area contributed by atoms with Gasteiger partial charge in [0.05, 0.1) is 5.69 Å². The summed E-state index contributed by atoms with van der Waals surface area (Å²) < 4.78 is 0. The summed E-state index contributed by atoms with van der Waals surface area (Å²) in [5, 5.41) is 17.8. The standard InChI is InChI=1S/C7H9N3O3/c8-5(7(12)13)6(11)4-1-2-9-3-10-4/h1-3,5-6,11H,8H2,(H,12,13). The zero-order valence-electron chi connectivity index (χ0n) is 6.66. The smallest absolute Gasteiger partial charge is 0.323 e. The van der Waals surface area contributed by atoms with Gasteiger partial charge in [-0.1, -0.05) is 0 Å². The normalized spacial score (nSPS) is 14.9. The first-order valence-electron chi connectivity index (χ1n) is 3.55. The van der Waals surface area contributed by atoms with Gasteiger partial charge in [-0.15, -0.1) is 0 Å². The van der Waals surface area contributed by atoms with Crippen molar-refractivity contribution < 1.29 is 15.0 Å². The van der Waals surface area contributed by atoms with Gasteiger partial charge in [0.25, 0.3) is 0 Å². The van der Waals surface area contributed by atoms with Gasteiger partial charge < -0.3 is 15.9 Å². The monoisotopic (exact) mass is 183 g/mol. The molecule has 70 valence electrons. The minimum atomic E-state index is -1.37. The first kappa shape index (κ1) is 9.56. The van der Waals surface area contributed by atoms with Crippen LogP contribution in [0.25, 0.3) is 0 Å². The minimum Gasteiger partial charge on any atom is -0.480 e. The molecule has 0 aliphatic carbocycles. The highest BCUT2D eigenvalue weighted by Gasteiger charge is 2.24. The van der Waals surface area contributed by atoms with Crippen molar-refractivity contribution >= 4 is 5.97 Å². The van der Waals surface area contributed by atoms with Crippen LogP contribution >= 0.6 is 0 Å². The number of aliphatic hydroxyl groups excluding tert-OH is 1. The number of aromatic nitrogens is 2. The quantitative estimate of drug-likeness (QED) is 0.550. The highest BCUT2D eigenvalue weighted by molar-refractivity contribution is 5.74. The van der Waals surface area contributed by atoms with Gasteiger partial charge in [0, 0.05) is 6.20 Å². The molecule has 1 aromatic heterocycles. The number of rotatable bonds is 3. The molecule has 6 nitrogen and oxygen atoms in total. The van der Waals surface area contributed by atoms with Crippen molar-refractivity contribution in [2.45, 2.75) is 12.1 Å². The third-order valence-corrected chi connectivity index (χ3v) is 1.53. The predicted molar refractivity (Wildman–Crippen MR) is 42.6 cm³/mol. The van der Waals surface area contributed by atoms with Gasteiger partial charge >= 0.3 is 5.97 Å². The van der Waals surface area contributed by atoms with Crippen LogP contribution in [0.1, 0.15) is 11.8 Å². The van der Waals surface area contributed by atoms with Crippen molar-refractivity contribution in [3.05, 3.63) is 24.3 Å². The highest BCUT2D eigenvalue weighted by Crippen LogP contribution is 2.11. The number of carbonyl (C=O) groups is 1. The van der Waals surface area contributed by atoms with Crippen LogP contribution in [-0.4, -0.2) is 32.2 Å². The molecular formula is C7H9N3O3. The minimum absolute atomic E-state index is 0.199. The van der Waals surface area contributed by atoms with E-state index < -0.39 is 18.1 Å². The molecule has 0 aliphatic heterocycles. The maximum Gasteiger partial charge on any atom is 0.323 e. The number of hydrogen-bond acceptors (Lipinski definition) is 5. The van der Waals surface area contributed by atoms with Crippen molar-refractivity contribution in [3.8, 4) is 0 Å². The first-order valence-corrected chi connectivity index (χ1v) is 3.55. The maximum atomic E-state index is 10.4. The molecule has 0 amide bonds. The molecule has 0 fully saturated rings. The summed E-state index contributed by atoms with van der Waals surface area (Å²) in [6, 6.07) is 0.0444. The SMILES string of the molecule is NC(C(=O)O)C(O)c1ccncn1. The summed E-state index contributed by atoms with van der Waals surface area (Å²) in [6.45, 7) is 0. The summed E-state index contributed by atoms with van der Waals surface area (Å²) in [7, 11) is 0. The second kappa shape index (κ2) is 3.92. The van der Waals surface area contributed by atoms with Crippen LogP contribution in [0, 0.1) is 0 Å². The van der Waals surface area contributed by atoms with Gasteiger partial charge in [0.1, 0.15) is 18.5 Å². The Morgan fingerprint density at radius 2 is 2.31 bits per heavy atom. The van der Waals surface area contributed by atoms with E-state index in [1.165, 1.54) is 18.6 Å². The predicted octanol–water partition coefficient (Wildman–Crippen LogP) is -1.08. The van der Waals surface area contributed by atoms with Gasteiger partial charge in [-0.3, -0.25) is 4.79 Å². The summed E-state index contributed by atoms with van der Waals surface area (Å²) in [6.07, 6.45) is 1.31. The molecule has 0 aromatic carbocycles. The summed E-state index contributed by atoms with van der Waals surface area (Å²) in [5.41, 5.74) is 5.38. The Balaban J connectivity index is 2.79. The second-order valence-corrected chi connectivity index (χ2v) is 2.44. The van der Waals surface area contributed by atoms with Crippen LogP contribution in [0.15, 0.2) is 18.6 Å². The molecule has 0 radical (unpaired) electrons. The zero-order chi connectivity index (χ0) is 9.84. The fourth-order valence-electron chi connectivity index (χ4n) is 0.795. The molecule has 0 spiro atoms. The third-order valence-electron chi connectivity index (χ3n) is 1.53. The van der Waals surface area contributed by atoms with E-state index in [1.807, 2.05) is 0 Å². The number of nitrogens with zero attached hydrogens (tertiary/aromatic N) is 2. The fourth-order valence-corrected chi connectivity index (χ4v) is 0.795. The fraction of sp³-hybridized carbons (Fsp3) is 0.286. The van der Waals surface area contributed by atoms with Crippen LogP contribution in [0.5, 0.6) is 0 Å². The maximum absolute atomic E-state index is 10.4. The van der Waals surface area contributed by atoms with E-state index in [1.54, 1.807) is 0 Å². The van der Waals surface area contributed by atoms with Crippen molar-refractivity contribution in [1.82, 2.24) is 9.97 Å². The third kappa shape index (κ3) is 2.20. The molecule has 0 saturated carbocycles. The Labute approximate surface area is 74.1 Å². The molecule has 1 rings (SSSR count). The molecule has 2 atom stereocenters. The lowest BCUT2D eigenvalue weighted by Gasteiger charge is -2.13. The molecule has 0 saturated heterocycles. The van der Waals surface area contributed by atoms with Crippen LogP contribution in [0.3, 0.4) is 0 Å². The first-order chi connectivity index (χ1) is 6.13. The van der Waals surface area contributed by atoms with E-state index in [4.69, 9.17) is 10.8 Å². The molecule has 4 N–H and O–H groups in total. The Kier molecular flexibility index (Phi) is 2.88. The van der Waals surface area contributed by atoms with Crippen molar-refractivity contribution in [2.75, 3.05) is 0 Å². The highest BCUT2D eigenvalue weighted by atomic mass is 16.4. The average molecular weight is 183 g/mol. The van der Waals surface area contributed by atoms with E-state index in [9.17, 15) is 9.90 Å². The van der Waals surface area contributed by atoms with Crippen LogP contribution in [-0.2, 0) is 4.79 Å². The number of carboxylic acid groups (broad SMARTS) is 1. The number of aliphatic hydroxyl groups is 1. The lowest BCUT2D eigenvalue weighted by atomic mass is 10.1. The van der Waals surface area contributed by atoms with Crippen LogP contribution in [0.4, 0.5) is 0 Å².